The van der Waals surface area contributed by atoms with Crippen molar-refractivity contribution in [1.29, 1.82) is 0 Å². The van der Waals surface area contributed by atoms with E-state index in [9.17, 15) is 8.42 Å². The Morgan fingerprint density at radius 1 is 1.20 bits per heavy atom. The first-order chi connectivity index (χ1) is 9.55. The molecule has 20 heavy (non-hydrogen) atoms. The maximum atomic E-state index is 12.0. The second kappa shape index (κ2) is 6.08. The third-order valence-electron chi connectivity index (χ3n) is 2.73. The smallest absolute Gasteiger partial charge is 0.274 e. The SMILES string of the molecule is COc1ccc(CNS(=O)(=O)c2ccc(CN)o2)cc1. The van der Waals surface area contributed by atoms with Crippen molar-refractivity contribution in [3.05, 3.63) is 47.7 Å². The number of nitrogens with one attached hydrogen (secondary N) is 1. The molecule has 6 nitrogen and oxygen atoms in total. The number of ether oxygens (including phenoxy) is 1. The number of sulfonamides is 1. The van der Waals surface area contributed by atoms with Gasteiger partial charge in [-0.15, -0.1) is 0 Å². The van der Waals surface area contributed by atoms with Gasteiger partial charge in [0.2, 0.25) is 5.09 Å². The lowest BCUT2D eigenvalue weighted by molar-refractivity contribution is 0.412. The summed E-state index contributed by atoms with van der Waals surface area (Å²) < 4.78 is 36.6. The molecule has 0 fully saturated rings. The summed E-state index contributed by atoms with van der Waals surface area (Å²) in [5.74, 6) is 1.14. The van der Waals surface area contributed by atoms with Crippen LogP contribution in [0.5, 0.6) is 5.75 Å². The molecule has 0 aliphatic rings. The minimum absolute atomic E-state index is 0.133. The second-order valence-electron chi connectivity index (χ2n) is 4.10. The fourth-order valence-corrected chi connectivity index (χ4v) is 2.57. The molecule has 0 radical (unpaired) electrons. The van der Waals surface area contributed by atoms with Gasteiger partial charge in [-0.1, -0.05) is 12.1 Å². The van der Waals surface area contributed by atoms with Gasteiger partial charge < -0.3 is 14.9 Å². The molecule has 7 heteroatoms. The third-order valence-corrected chi connectivity index (χ3v) is 4.00. The van der Waals surface area contributed by atoms with Crippen molar-refractivity contribution in [2.45, 2.75) is 18.2 Å². The lowest BCUT2D eigenvalue weighted by Crippen LogP contribution is -2.22. The Morgan fingerprint density at radius 2 is 1.90 bits per heavy atom. The highest BCUT2D eigenvalue weighted by atomic mass is 32.2. The molecular formula is C13H16N2O4S. The molecule has 0 aliphatic carbocycles. The van der Waals surface area contributed by atoms with E-state index in [0.717, 1.165) is 11.3 Å². The zero-order valence-electron chi connectivity index (χ0n) is 11.0. The number of benzene rings is 1. The molecule has 0 spiro atoms. The monoisotopic (exact) mass is 296 g/mol. The van der Waals surface area contributed by atoms with Crippen LogP contribution in [-0.4, -0.2) is 15.5 Å². The van der Waals surface area contributed by atoms with E-state index in [1.165, 1.54) is 6.07 Å². The van der Waals surface area contributed by atoms with Gasteiger partial charge in [-0.05, 0) is 29.8 Å². The Labute approximate surface area is 117 Å². The van der Waals surface area contributed by atoms with Gasteiger partial charge in [0.1, 0.15) is 11.5 Å². The average molecular weight is 296 g/mol. The van der Waals surface area contributed by atoms with E-state index in [2.05, 4.69) is 4.72 Å². The summed E-state index contributed by atoms with van der Waals surface area (Å²) >= 11 is 0. The van der Waals surface area contributed by atoms with Crippen LogP contribution in [0, 0.1) is 0 Å². The van der Waals surface area contributed by atoms with Crippen LogP contribution in [0.3, 0.4) is 0 Å². The largest absolute Gasteiger partial charge is 0.497 e. The van der Waals surface area contributed by atoms with Gasteiger partial charge in [-0.2, -0.15) is 0 Å². The number of nitrogens with two attached hydrogens (primary N) is 1. The second-order valence-corrected chi connectivity index (χ2v) is 5.80. The number of hydrogen-bond acceptors (Lipinski definition) is 5. The van der Waals surface area contributed by atoms with E-state index in [1.807, 2.05) is 0 Å². The summed E-state index contributed by atoms with van der Waals surface area (Å²) in [6.07, 6.45) is 0. The molecule has 2 rings (SSSR count). The van der Waals surface area contributed by atoms with Gasteiger partial charge in [0.15, 0.2) is 0 Å². The fourth-order valence-electron chi connectivity index (χ4n) is 1.61. The summed E-state index contributed by atoms with van der Waals surface area (Å²) in [6, 6.07) is 10.0. The first kappa shape index (κ1) is 14.6. The van der Waals surface area contributed by atoms with Crippen LogP contribution in [0.25, 0.3) is 0 Å². The molecule has 0 saturated heterocycles. The summed E-state index contributed by atoms with van der Waals surface area (Å²) in [5, 5.41) is -0.133. The molecule has 3 N–H and O–H groups in total. The molecule has 1 aromatic heterocycles. The first-order valence-electron chi connectivity index (χ1n) is 5.96. The zero-order chi connectivity index (χ0) is 14.6. The van der Waals surface area contributed by atoms with Crippen LogP contribution in [0.15, 0.2) is 45.9 Å². The molecule has 108 valence electrons. The number of furan rings is 1. The highest BCUT2D eigenvalue weighted by molar-refractivity contribution is 7.89. The van der Waals surface area contributed by atoms with E-state index in [1.54, 1.807) is 37.4 Å². The molecule has 0 aliphatic heterocycles. The van der Waals surface area contributed by atoms with E-state index < -0.39 is 10.0 Å². The highest BCUT2D eigenvalue weighted by Gasteiger charge is 2.18. The van der Waals surface area contributed by atoms with Gasteiger partial charge in [-0.25, -0.2) is 13.1 Å². The van der Waals surface area contributed by atoms with E-state index in [0.29, 0.717) is 5.76 Å². The third kappa shape index (κ3) is 3.38. The Bertz CT molecular complexity index is 662. The standard InChI is InChI=1S/C13H16N2O4S/c1-18-11-4-2-10(3-5-11)9-15-20(16,17)13-7-6-12(8-14)19-13/h2-7,15H,8-9,14H2,1H3. The summed E-state index contributed by atoms with van der Waals surface area (Å²) in [5.41, 5.74) is 6.20. The van der Waals surface area contributed by atoms with Crippen molar-refractivity contribution in [3.8, 4) is 5.75 Å². The van der Waals surface area contributed by atoms with Crippen molar-refractivity contribution in [3.63, 3.8) is 0 Å². The number of hydrogen-bond donors (Lipinski definition) is 2. The van der Waals surface area contributed by atoms with Gasteiger partial charge in [0, 0.05) is 6.54 Å². The quantitative estimate of drug-likeness (QED) is 0.836. The Hall–Kier alpha value is -1.83. The van der Waals surface area contributed by atoms with Crippen LogP contribution in [0.1, 0.15) is 11.3 Å². The van der Waals surface area contributed by atoms with Gasteiger partial charge in [0.05, 0.1) is 13.7 Å². The Balaban J connectivity index is 2.04. The first-order valence-corrected chi connectivity index (χ1v) is 7.45. The predicted molar refractivity (Wildman–Crippen MR) is 73.6 cm³/mol. The van der Waals surface area contributed by atoms with Gasteiger partial charge in [0.25, 0.3) is 10.0 Å². The maximum Gasteiger partial charge on any atom is 0.274 e. The molecule has 1 heterocycles. The summed E-state index contributed by atoms with van der Waals surface area (Å²) in [4.78, 5) is 0. The topological polar surface area (TPSA) is 94.6 Å². The molecule has 0 atom stereocenters. The van der Waals surface area contributed by atoms with Crippen molar-refractivity contribution >= 4 is 10.0 Å². The normalized spacial score (nSPS) is 11.5. The lowest BCUT2D eigenvalue weighted by atomic mass is 10.2. The van der Waals surface area contributed by atoms with Crippen molar-refractivity contribution in [2.24, 2.45) is 5.73 Å². The fraction of sp³-hybridized carbons (Fsp3) is 0.231. The minimum Gasteiger partial charge on any atom is -0.497 e. The molecule has 2 aromatic rings. The molecule has 0 unspecified atom stereocenters. The van der Waals surface area contributed by atoms with E-state index in [-0.39, 0.29) is 18.2 Å². The van der Waals surface area contributed by atoms with Crippen LogP contribution in [0.2, 0.25) is 0 Å². The molecular weight excluding hydrogens is 280 g/mol. The van der Waals surface area contributed by atoms with Crippen molar-refractivity contribution in [2.75, 3.05) is 7.11 Å². The Kier molecular flexibility index (Phi) is 4.43. The average Bonchev–Trinajstić information content (AvgIpc) is 2.95. The van der Waals surface area contributed by atoms with E-state index in [4.69, 9.17) is 14.9 Å². The van der Waals surface area contributed by atoms with Crippen LogP contribution >= 0.6 is 0 Å². The summed E-state index contributed by atoms with van der Waals surface area (Å²) in [6.45, 7) is 0.332. The molecule has 0 bridgehead atoms. The molecule has 0 amide bonds. The molecule has 0 saturated carbocycles. The summed E-state index contributed by atoms with van der Waals surface area (Å²) in [7, 11) is -2.09. The Morgan fingerprint density at radius 3 is 2.45 bits per heavy atom. The van der Waals surface area contributed by atoms with Crippen molar-refractivity contribution < 1.29 is 17.6 Å². The maximum absolute atomic E-state index is 12.0. The van der Waals surface area contributed by atoms with Crippen LogP contribution in [-0.2, 0) is 23.1 Å². The highest BCUT2D eigenvalue weighted by Crippen LogP contribution is 2.15. The minimum atomic E-state index is -3.67. The lowest BCUT2D eigenvalue weighted by Gasteiger charge is -2.05. The zero-order valence-corrected chi connectivity index (χ0v) is 11.8. The van der Waals surface area contributed by atoms with Crippen molar-refractivity contribution in [1.82, 2.24) is 4.72 Å². The predicted octanol–water partition coefficient (Wildman–Crippen LogP) is 1.23. The van der Waals surface area contributed by atoms with Crippen LogP contribution in [0.4, 0.5) is 0 Å². The number of methoxy groups -OCH3 is 1. The van der Waals surface area contributed by atoms with Gasteiger partial charge >= 0.3 is 0 Å². The van der Waals surface area contributed by atoms with E-state index >= 15 is 0 Å². The molecule has 1 aromatic carbocycles. The van der Waals surface area contributed by atoms with Crippen LogP contribution < -0.4 is 15.2 Å². The van der Waals surface area contributed by atoms with Gasteiger partial charge in [-0.3, -0.25) is 0 Å². The number of rotatable bonds is 6.